The van der Waals surface area contributed by atoms with Crippen LogP contribution in [0, 0.1) is 0 Å². The van der Waals surface area contributed by atoms with Gasteiger partial charge in [0, 0.05) is 37.3 Å². The Kier molecular flexibility index (Phi) is 4.15. The number of rotatable bonds is 3. The van der Waals surface area contributed by atoms with Crippen LogP contribution in [0.15, 0.2) is 6.20 Å². The Hall–Kier alpha value is -1.40. The largest absolute Gasteiger partial charge is 0.480 e. The van der Waals surface area contributed by atoms with E-state index in [2.05, 4.69) is 25.9 Å². The highest BCUT2D eigenvalue weighted by Crippen LogP contribution is 2.31. The Morgan fingerprint density at radius 2 is 2.00 bits per heavy atom. The van der Waals surface area contributed by atoms with Crippen molar-refractivity contribution in [3.63, 3.8) is 0 Å². The van der Waals surface area contributed by atoms with Crippen LogP contribution in [-0.4, -0.2) is 52.1 Å². The van der Waals surface area contributed by atoms with Gasteiger partial charge < -0.3 is 9.84 Å². The van der Waals surface area contributed by atoms with E-state index >= 15 is 0 Å². The van der Waals surface area contributed by atoms with Gasteiger partial charge in [0.05, 0.1) is 18.9 Å². The highest BCUT2D eigenvalue weighted by atomic mass is 16.5. The number of aliphatic carboxylic acids is 1. The summed E-state index contributed by atoms with van der Waals surface area (Å²) in [5.41, 5.74) is 1.45. The summed E-state index contributed by atoms with van der Waals surface area (Å²) < 4.78 is 7.01. The molecule has 0 aromatic carbocycles. The van der Waals surface area contributed by atoms with E-state index in [1.165, 1.54) is 0 Å². The van der Waals surface area contributed by atoms with Crippen molar-refractivity contribution >= 4 is 5.97 Å². The summed E-state index contributed by atoms with van der Waals surface area (Å²) in [6, 6.07) is -0.651. The lowest BCUT2D eigenvalue weighted by molar-refractivity contribution is -0.145. The minimum absolute atomic E-state index is 0.184. The molecule has 0 amide bonds. The van der Waals surface area contributed by atoms with Crippen LogP contribution in [-0.2, 0) is 22.0 Å². The normalized spacial score (nSPS) is 19.0. The second-order valence-electron chi connectivity index (χ2n) is 6.25. The average Bonchev–Trinajstić information content (AvgIpc) is 2.72. The third kappa shape index (κ3) is 3.02. The summed E-state index contributed by atoms with van der Waals surface area (Å²) in [6.45, 7) is 8.58. The quantitative estimate of drug-likeness (QED) is 0.901. The summed E-state index contributed by atoms with van der Waals surface area (Å²) in [7, 11) is 1.83. The molecule has 1 unspecified atom stereocenters. The van der Waals surface area contributed by atoms with E-state index < -0.39 is 12.0 Å². The van der Waals surface area contributed by atoms with Gasteiger partial charge in [-0.3, -0.25) is 14.4 Å². The first-order valence-electron chi connectivity index (χ1n) is 6.89. The van der Waals surface area contributed by atoms with E-state index in [9.17, 15) is 9.90 Å². The Bertz CT molecular complexity index is 484. The Labute approximate surface area is 119 Å². The van der Waals surface area contributed by atoms with Gasteiger partial charge in [-0.05, 0) is 0 Å². The van der Waals surface area contributed by atoms with Crippen LogP contribution in [0.5, 0.6) is 0 Å². The summed E-state index contributed by atoms with van der Waals surface area (Å²) >= 11 is 0. The Balaban J connectivity index is 2.41. The maximum Gasteiger partial charge on any atom is 0.325 e. The van der Waals surface area contributed by atoms with E-state index in [4.69, 9.17) is 4.74 Å². The second-order valence-corrected chi connectivity index (χ2v) is 6.25. The van der Waals surface area contributed by atoms with Gasteiger partial charge in [0.2, 0.25) is 0 Å². The molecule has 1 atom stereocenters. The zero-order valence-corrected chi connectivity index (χ0v) is 12.6. The maximum atomic E-state index is 11.8. The summed E-state index contributed by atoms with van der Waals surface area (Å²) in [5, 5.41) is 14.1. The standard InChI is InChI=1S/C14H23N3O3/c1-14(2,3)12-10(9-16(4)15-12)11(13(18)19)17-5-7-20-8-6-17/h9,11H,5-8H2,1-4H3,(H,18,19). The van der Waals surface area contributed by atoms with Crippen molar-refractivity contribution < 1.29 is 14.6 Å². The number of aryl methyl sites for hydroxylation is 1. The van der Waals surface area contributed by atoms with Gasteiger partial charge in [0.1, 0.15) is 6.04 Å². The Morgan fingerprint density at radius 3 is 2.50 bits per heavy atom. The molecule has 1 aliphatic heterocycles. The third-order valence-corrected chi connectivity index (χ3v) is 3.51. The van der Waals surface area contributed by atoms with Crippen LogP contribution in [0.2, 0.25) is 0 Å². The van der Waals surface area contributed by atoms with Crippen LogP contribution < -0.4 is 0 Å². The first-order chi connectivity index (χ1) is 9.30. The lowest BCUT2D eigenvalue weighted by Gasteiger charge is -2.33. The van der Waals surface area contributed by atoms with Crippen LogP contribution in [0.25, 0.3) is 0 Å². The predicted octanol–water partition coefficient (Wildman–Crippen LogP) is 1.18. The molecular formula is C14H23N3O3. The molecule has 1 aliphatic rings. The average molecular weight is 281 g/mol. The maximum absolute atomic E-state index is 11.8. The molecular weight excluding hydrogens is 258 g/mol. The number of hydrogen-bond acceptors (Lipinski definition) is 4. The first-order valence-corrected chi connectivity index (χ1v) is 6.89. The van der Waals surface area contributed by atoms with Crippen LogP contribution in [0.1, 0.15) is 38.1 Å². The fourth-order valence-corrected chi connectivity index (χ4v) is 2.61. The highest BCUT2D eigenvalue weighted by Gasteiger charge is 2.35. The van der Waals surface area contributed by atoms with E-state index in [0.29, 0.717) is 26.3 Å². The Morgan fingerprint density at radius 1 is 1.40 bits per heavy atom. The molecule has 2 rings (SSSR count). The number of morpholine rings is 1. The van der Waals surface area contributed by atoms with E-state index in [1.54, 1.807) is 4.68 Å². The molecule has 1 N–H and O–H groups in total. The molecule has 6 nitrogen and oxygen atoms in total. The number of carbonyl (C=O) groups is 1. The molecule has 1 aromatic rings. The number of carboxylic acid groups (broad SMARTS) is 1. The number of aromatic nitrogens is 2. The lowest BCUT2D eigenvalue weighted by atomic mass is 9.87. The zero-order chi connectivity index (χ0) is 14.9. The van der Waals surface area contributed by atoms with Crippen LogP contribution in [0.3, 0.4) is 0 Å². The molecule has 0 bridgehead atoms. The van der Waals surface area contributed by atoms with Crippen molar-refractivity contribution in [2.75, 3.05) is 26.3 Å². The van der Waals surface area contributed by atoms with Crippen molar-refractivity contribution in [2.24, 2.45) is 7.05 Å². The fourth-order valence-electron chi connectivity index (χ4n) is 2.61. The van der Waals surface area contributed by atoms with Crippen molar-refractivity contribution in [3.8, 4) is 0 Å². The molecule has 1 fully saturated rings. The molecule has 6 heteroatoms. The number of ether oxygens (including phenoxy) is 1. The molecule has 1 saturated heterocycles. The number of hydrogen-bond donors (Lipinski definition) is 1. The highest BCUT2D eigenvalue weighted by molar-refractivity contribution is 5.76. The van der Waals surface area contributed by atoms with E-state index in [1.807, 2.05) is 18.1 Å². The third-order valence-electron chi connectivity index (χ3n) is 3.51. The van der Waals surface area contributed by atoms with Gasteiger partial charge in [-0.15, -0.1) is 0 Å². The molecule has 2 heterocycles. The molecule has 1 aromatic heterocycles. The minimum Gasteiger partial charge on any atom is -0.480 e. The van der Waals surface area contributed by atoms with Gasteiger partial charge in [-0.1, -0.05) is 20.8 Å². The lowest BCUT2D eigenvalue weighted by Crippen LogP contribution is -2.42. The molecule has 20 heavy (non-hydrogen) atoms. The first kappa shape index (κ1) is 15.0. The topological polar surface area (TPSA) is 67.6 Å². The molecule has 0 saturated carbocycles. The monoisotopic (exact) mass is 281 g/mol. The number of nitrogens with zero attached hydrogens (tertiary/aromatic N) is 3. The van der Waals surface area contributed by atoms with E-state index in [0.717, 1.165) is 11.3 Å². The van der Waals surface area contributed by atoms with Crippen LogP contribution >= 0.6 is 0 Å². The second kappa shape index (κ2) is 5.54. The van der Waals surface area contributed by atoms with Crippen molar-refractivity contribution in [1.82, 2.24) is 14.7 Å². The summed E-state index contributed by atoms with van der Waals surface area (Å²) in [5.74, 6) is -0.828. The van der Waals surface area contributed by atoms with E-state index in [-0.39, 0.29) is 5.41 Å². The van der Waals surface area contributed by atoms with Gasteiger partial charge in [0.15, 0.2) is 0 Å². The fraction of sp³-hybridized carbons (Fsp3) is 0.714. The van der Waals surface area contributed by atoms with Gasteiger partial charge in [-0.2, -0.15) is 5.10 Å². The number of carboxylic acids is 1. The minimum atomic E-state index is -0.828. The summed E-state index contributed by atoms with van der Waals surface area (Å²) in [4.78, 5) is 13.7. The summed E-state index contributed by atoms with van der Waals surface area (Å²) in [6.07, 6.45) is 1.83. The molecule has 0 aliphatic carbocycles. The van der Waals surface area contributed by atoms with Crippen LogP contribution in [0.4, 0.5) is 0 Å². The molecule has 0 radical (unpaired) electrons. The predicted molar refractivity (Wildman–Crippen MR) is 74.7 cm³/mol. The van der Waals surface area contributed by atoms with Crippen molar-refractivity contribution in [2.45, 2.75) is 32.2 Å². The van der Waals surface area contributed by atoms with Gasteiger partial charge >= 0.3 is 5.97 Å². The SMILES string of the molecule is Cn1cc(C(C(=O)O)N2CCOCC2)c(C(C)(C)C)n1. The van der Waals surface area contributed by atoms with Crippen molar-refractivity contribution in [3.05, 3.63) is 17.5 Å². The zero-order valence-electron chi connectivity index (χ0n) is 12.6. The van der Waals surface area contributed by atoms with Crippen molar-refractivity contribution in [1.29, 1.82) is 0 Å². The van der Waals surface area contributed by atoms with Gasteiger partial charge in [0.25, 0.3) is 0 Å². The molecule has 0 spiro atoms. The molecule has 112 valence electrons. The van der Waals surface area contributed by atoms with Gasteiger partial charge in [-0.25, -0.2) is 0 Å². The smallest absolute Gasteiger partial charge is 0.325 e.